The largest absolute Gasteiger partial charge is 0.341 e. The van der Waals surface area contributed by atoms with Gasteiger partial charge in [-0.2, -0.15) is 5.10 Å². The fraction of sp³-hybridized carbons (Fsp3) is 0.588. The number of hydrogen-bond acceptors (Lipinski definition) is 3. The Bertz CT molecular complexity index is 836. The average Bonchev–Trinajstić information content (AvgIpc) is 2.70. The van der Waals surface area contributed by atoms with Crippen LogP contribution >= 0.6 is 0 Å². The zero-order chi connectivity index (χ0) is 16.9. The van der Waals surface area contributed by atoms with Gasteiger partial charge in [0.05, 0.1) is 5.69 Å². The monoisotopic (exact) mass is 316 g/mol. The standard InChI is InChI=1S/C17H24N4O2/c1-10-12(6-7-13(22)21-8-17(3,4)9-21)16(23)18-15-14(10)11(2)19-20(15)5/h6-9H2,1-5H3,(H,18,23). The molecule has 1 saturated heterocycles. The Hall–Kier alpha value is -2.11. The first-order chi connectivity index (χ1) is 10.7. The lowest BCUT2D eigenvalue weighted by Gasteiger charge is -2.45. The number of nitrogens with zero attached hydrogens (tertiary/aromatic N) is 3. The van der Waals surface area contributed by atoms with Gasteiger partial charge in [0.15, 0.2) is 0 Å². The molecule has 2 aromatic rings. The molecule has 0 spiro atoms. The van der Waals surface area contributed by atoms with Crippen LogP contribution in [0.2, 0.25) is 0 Å². The smallest absolute Gasteiger partial charge is 0.253 e. The number of carbonyl (C=O) groups is 1. The number of aromatic amines is 1. The summed E-state index contributed by atoms with van der Waals surface area (Å²) in [6, 6.07) is 0. The lowest BCUT2D eigenvalue weighted by molar-refractivity contribution is -0.141. The molecule has 0 bridgehead atoms. The van der Waals surface area contributed by atoms with Gasteiger partial charge in [-0.05, 0) is 31.2 Å². The van der Waals surface area contributed by atoms with Crippen LogP contribution in [0.3, 0.4) is 0 Å². The number of pyridine rings is 1. The van der Waals surface area contributed by atoms with Gasteiger partial charge < -0.3 is 9.88 Å². The van der Waals surface area contributed by atoms with E-state index in [4.69, 9.17) is 0 Å². The molecule has 0 saturated carbocycles. The van der Waals surface area contributed by atoms with Crippen molar-refractivity contribution in [3.63, 3.8) is 0 Å². The summed E-state index contributed by atoms with van der Waals surface area (Å²) in [4.78, 5) is 29.4. The number of likely N-dealkylation sites (tertiary alicyclic amines) is 1. The maximum Gasteiger partial charge on any atom is 0.253 e. The van der Waals surface area contributed by atoms with Crippen LogP contribution in [0.15, 0.2) is 4.79 Å². The first-order valence-corrected chi connectivity index (χ1v) is 8.02. The van der Waals surface area contributed by atoms with Gasteiger partial charge in [0.1, 0.15) is 5.65 Å². The lowest BCUT2D eigenvalue weighted by Crippen LogP contribution is -2.55. The van der Waals surface area contributed by atoms with E-state index in [1.165, 1.54) is 0 Å². The summed E-state index contributed by atoms with van der Waals surface area (Å²) in [5.41, 5.74) is 3.38. The van der Waals surface area contributed by atoms with Crippen LogP contribution in [0.1, 0.15) is 37.1 Å². The molecule has 0 aliphatic carbocycles. The van der Waals surface area contributed by atoms with Crippen LogP contribution in [0.4, 0.5) is 0 Å². The minimum absolute atomic E-state index is 0.116. The molecule has 1 N–H and O–H groups in total. The van der Waals surface area contributed by atoms with Crippen molar-refractivity contribution in [2.45, 2.75) is 40.5 Å². The molecule has 3 heterocycles. The molecule has 6 nitrogen and oxygen atoms in total. The number of aryl methyl sites for hydroxylation is 3. The minimum atomic E-state index is -0.116. The molecule has 124 valence electrons. The van der Waals surface area contributed by atoms with E-state index in [2.05, 4.69) is 23.9 Å². The van der Waals surface area contributed by atoms with E-state index in [1.54, 1.807) is 4.68 Å². The normalized spacial score (nSPS) is 16.7. The predicted octanol–water partition coefficient (Wildman–Crippen LogP) is 1.68. The number of H-pyrrole nitrogens is 1. The highest BCUT2D eigenvalue weighted by molar-refractivity contribution is 5.83. The Morgan fingerprint density at radius 1 is 1.30 bits per heavy atom. The third kappa shape index (κ3) is 2.66. The molecule has 0 unspecified atom stereocenters. The summed E-state index contributed by atoms with van der Waals surface area (Å²) < 4.78 is 1.69. The Kier molecular flexibility index (Phi) is 3.58. The van der Waals surface area contributed by atoms with Crippen LogP contribution in [-0.4, -0.2) is 38.7 Å². The molecule has 0 atom stereocenters. The average molecular weight is 316 g/mol. The molecule has 1 aliphatic heterocycles. The van der Waals surface area contributed by atoms with E-state index in [0.29, 0.717) is 18.4 Å². The number of fused-ring (bicyclic) bond motifs is 1. The van der Waals surface area contributed by atoms with Gasteiger partial charge in [-0.3, -0.25) is 14.3 Å². The summed E-state index contributed by atoms with van der Waals surface area (Å²) >= 11 is 0. The van der Waals surface area contributed by atoms with Crippen molar-refractivity contribution in [2.75, 3.05) is 13.1 Å². The summed E-state index contributed by atoms with van der Waals surface area (Å²) in [6.45, 7) is 9.81. The molecular formula is C17H24N4O2. The molecular weight excluding hydrogens is 292 g/mol. The molecule has 6 heteroatoms. The fourth-order valence-corrected chi connectivity index (χ4v) is 3.61. The summed E-state index contributed by atoms with van der Waals surface area (Å²) in [5.74, 6) is 0.131. The Labute approximate surface area is 135 Å². The molecule has 1 aliphatic rings. The van der Waals surface area contributed by atoms with Crippen molar-refractivity contribution in [1.29, 1.82) is 0 Å². The van der Waals surface area contributed by atoms with Gasteiger partial charge in [-0.25, -0.2) is 0 Å². The zero-order valence-corrected chi connectivity index (χ0v) is 14.5. The minimum Gasteiger partial charge on any atom is -0.341 e. The van der Waals surface area contributed by atoms with Crippen LogP contribution in [-0.2, 0) is 18.3 Å². The number of amides is 1. The van der Waals surface area contributed by atoms with E-state index in [-0.39, 0.29) is 16.9 Å². The maximum atomic E-state index is 12.4. The molecule has 3 rings (SSSR count). The SMILES string of the molecule is Cc1nn(C)c2[nH]c(=O)c(CCC(=O)N3CC(C)(C)C3)c(C)c12. The van der Waals surface area contributed by atoms with Crippen LogP contribution in [0, 0.1) is 19.3 Å². The lowest BCUT2D eigenvalue weighted by atomic mass is 9.84. The summed E-state index contributed by atoms with van der Waals surface area (Å²) in [5, 5.41) is 5.35. The fourth-order valence-electron chi connectivity index (χ4n) is 3.61. The van der Waals surface area contributed by atoms with E-state index < -0.39 is 0 Å². The summed E-state index contributed by atoms with van der Waals surface area (Å²) in [6.07, 6.45) is 0.853. The predicted molar refractivity (Wildman–Crippen MR) is 89.5 cm³/mol. The Morgan fingerprint density at radius 2 is 1.96 bits per heavy atom. The molecule has 0 aromatic carbocycles. The molecule has 1 fully saturated rings. The van der Waals surface area contributed by atoms with E-state index in [1.807, 2.05) is 25.8 Å². The quantitative estimate of drug-likeness (QED) is 0.936. The van der Waals surface area contributed by atoms with Crippen molar-refractivity contribution < 1.29 is 4.79 Å². The third-order valence-electron chi connectivity index (χ3n) is 4.74. The molecule has 1 amide bonds. The van der Waals surface area contributed by atoms with Gasteiger partial charge in [-0.15, -0.1) is 0 Å². The second-order valence-corrected chi connectivity index (χ2v) is 7.40. The molecule has 2 aromatic heterocycles. The highest BCUT2D eigenvalue weighted by Crippen LogP contribution is 2.29. The number of aromatic nitrogens is 3. The molecule has 0 radical (unpaired) electrons. The van der Waals surface area contributed by atoms with Crippen molar-refractivity contribution in [3.8, 4) is 0 Å². The number of carbonyl (C=O) groups excluding carboxylic acids is 1. The topological polar surface area (TPSA) is 71.0 Å². The molecule has 23 heavy (non-hydrogen) atoms. The number of rotatable bonds is 3. The highest BCUT2D eigenvalue weighted by atomic mass is 16.2. The van der Waals surface area contributed by atoms with E-state index >= 15 is 0 Å². The second-order valence-electron chi connectivity index (χ2n) is 7.40. The third-order valence-corrected chi connectivity index (χ3v) is 4.74. The van der Waals surface area contributed by atoms with Gasteiger partial charge in [0, 0.05) is 37.5 Å². The maximum absolute atomic E-state index is 12.4. The second kappa shape index (κ2) is 5.22. The van der Waals surface area contributed by atoms with Gasteiger partial charge >= 0.3 is 0 Å². The van der Waals surface area contributed by atoms with Crippen molar-refractivity contribution in [1.82, 2.24) is 19.7 Å². The van der Waals surface area contributed by atoms with Crippen molar-refractivity contribution in [2.24, 2.45) is 12.5 Å². The van der Waals surface area contributed by atoms with Crippen LogP contribution < -0.4 is 5.56 Å². The summed E-state index contributed by atoms with van der Waals surface area (Å²) in [7, 11) is 1.82. The first kappa shape index (κ1) is 15.8. The van der Waals surface area contributed by atoms with E-state index in [9.17, 15) is 9.59 Å². The van der Waals surface area contributed by atoms with Gasteiger partial charge in [-0.1, -0.05) is 13.8 Å². The van der Waals surface area contributed by atoms with Gasteiger partial charge in [0.25, 0.3) is 5.56 Å². The first-order valence-electron chi connectivity index (χ1n) is 8.02. The highest BCUT2D eigenvalue weighted by Gasteiger charge is 2.36. The Balaban J connectivity index is 1.82. The number of hydrogen-bond donors (Lipinski definition) is 1. The Morgan fingerprint density at radius 3 is 2.57 bits per heavy atom. The van der Waals surface area contributed by atoms with Gasteiger partial charge in [0.2, 0.25) is 5.91 Å². The van der Waals surface area contributed by atoms with Crippen LogP contribution in [0.5, 0.6) is 0 Å². The number of nitrogens with one attached hydrogen (secondary N) is 1. The zero-order valence-electron chi connectivity index (χ0n) is 14.5. The van der Waals surface area contributed by atoms with Crippen molar-refractivity contribution in [3.05, 3.63) is 27.2 Å². The van der Waals surface area contributed by atoms with Crippen LogP contribution in [0.25, 0.3) is 11.0 Å². The van der Waals surface area contributed by atoms with Crippen molar-refractivity contribution >= 4 is 16.9 Å². The van der Waals surface area contributed by atoms with E-state index in [0.717, 1.165) is 35.4 Å².